The average Bonchev–Trinajstić information content (AvgIpc) is 2.65. The minimum absolute atomic E-state index is 0.307. The van der Waals surface area contributed by atoms with Crippen molar-refractivity contribution in [2.24, 2.45) is 5.92 Å². The molecule has 1 N–H and O–H groups in total. The van der Waals surface area contributed by atoms with Crippen molar-refractivity contribution in [2.75, 3.05) is 13.2 Å². The lowest BCUT2D eigenvalue weighted by atomic mass is 10.1. The summed E-state index contributed by atoms with van der Waals surface area (Å²) in [7, 11) is 0. The molecule has 0 bridgehead atoms. The van der Waals surface area contributed by atoms with Crippen LogP contribution in [-0.2, 0) is 16.1 Å². The molecule has 0 unspecified atom stereocenters. The van der Waals surface area contributed by atoms with E-state index in [1.165, 1.54) is 0 Å². The van der Waals surface area contributed by atoms with Gasteiger partial charge in [-0.2, -0.15) is 0 Å². The Morgan fingerprint density at radius 1 is 1.00 bits per heavy atom. The summed E-state index contributed by atoms with van der Waals surface area (Å²) >= 11 is 0. The van der Waals surface area contributed by atoms with Gasteiger partial charge in [0, 0.05) is 6.54 Å². The third-order valence-corrected chi connectivity index (χ3v) is 3.72. The second-order valence-corrected chi connectivity index (χ2v) is 6.39. The maximum atomic E-state index is 12.0. The van der Waals surface area contributed by atoms with Gasteiger partial charge in [0.1, 0.15) is 5.75 Å². The molecule has 0 heterocycles. The molecule has 26 heavy (non-hydrogen) atoms. The van der Waals surface area contributed by atoms with Gasteiger partial charge in [-0.25, -0.2) is 4.79 Å². The Balaban J connectivity index is 1.72. The Hall–Kier alpha value is -2.82. The standard InChI is InChI=1S/C21H25NO4/c1-16(2)12-13-25-19-10-8-18(9-11-19)21(24)26-15-20(23)22-14-17-6-4-3-5-7-17/h3-11,16H,12-15H2,1-2H3,(H,22,23). The lowest BCUT2D eigenvalue weighted by Gasteiger charge is -2.09. The third kappa shape index (κ3) is 6.97. The minimum atomic E-state index is -0.534. The van der Waals surface area contributed by atoms with E-state index in [-0.39, 0.29) is 12.5 Å². The molecule has 0 radical (unpaired) electrons. The van der Waals surface area contributed by atoms with Crippen LogP contribution >= 0.6 is 0 Å². The second kappa shape index (κ2) is 10.2. The second-order valence-electron chi connectivity index (χ2n) is 6.39. The molecular weight excluding hydrogens is 330 g/mol. The van der Waals surface area contributed by atoms with Gasteiger partial charge in [-0.05, 0) is 42.2 Å². The summed E-state index contributed by atoms with van der Waals surface area (Å²) in [4.78, 5) is 23.8. The Morgan fingerprint density at radius 3 is 2.35 bits per heavy atom. The van der Waals surface area contributed by atoms with Crippen molar-refractivity contribution in [3.8, 4) is 5.75 Å². The van der Waals surface area contributed by atoms with E-state index in [1.807, 2.05) is 30.3 Å². The molecule has 0 aliphatic heterocycles. The van der Waals surface area contributed by atoms with Crippen LogP contribution in [0.15, 0.2) is 54.6 Å². The number of hydrogen-bond donors (Lipinski definition) is 1. The van der Waals surface area contributed by atoms with E-state index in [2.05, 4.69) is 19.2 Å². The Morgan fingerprint density at radius 2 is 1.69 bits per heavy atom. The quantitative estimate of drug-likeness (QED) is 0.698. The molecule has 5 nitrogen and oxygen atoms in total. The van der Waals surface area contributed by atoms with Gasteiger partial charge in [-0.15, -0.1) is 0 Å². The van der Waals surface area contributed by atoms with Gasteiger partial charge in [0.05, 0.1) is 12.2 Å². The van der Waals surface area contributed by atoms with Gasteiger partial charge >= 0.3 is 5.97 Å². The Labute approximate surface area is 154 Å². The van der Waals surface area contributed by atoms with Gasteiger partial charge in [-0.1, -0.05) is 44.2 Å². The molecule has 138 valence electrons. The van der Waals surface area contributed by atoms with E-state index in [0.29, 0.717) is 30.4 Å². The van der Waals surface area contributed by atoms with E-state index in [4.69, 9.17) is 9.47 Å². The Kier molecular flexibility index (Phi) is 7.68. The van der Waals surface area contributed by atoms with Crippen LogP contribution in [0, 0.1) is 5.92 Å². The summed E-state index contributed by atoms with van der Waals surface area (Å²) < 4.78 is 10.6. The molecule has 5 heteroatoms. The molecule has 0 aromatic heterocycles. The van der Waals surface area contributed by atoms with Crippen LogP contribution in [0.5, 0.6) is 5.75 Å². The fourth-order valence-electron chi connectivity index (χ4n) is 2.16. The normalized spacial score (nSPS) is 10.4. The minimum Gasteiger partial charge on any atom is -0.494 e. The highest BCUT2D eigenvalue weighted by molar-refractivity contribution is 5.91. The fraction of sp³-hybridized carbons (Fsp3) is 0.333. The SMILES string of the molecule is CC(C)CCOc1ccc(C(=O)OCC(=O)NCc2ccccc2)cc1. The predicted molar refractivity (Wildman–Crippen MR) is 100.0 cm³/mol. The summed E-state index contributed by atoms with van der Waals surface area (Å²) in [6.45, 7) is 5.01. The zero-order valence-electron chi connectivity index (χ0n) is 15.2. The highest BCUT2D eigenvalue weighted by Gasteiger charge is 2.10. The number of carbonyl (C=O) groups is 2. The number of ether oxygens (including phenoxy) is 2. The van der Waals surface area contributed by atoms with Crippen LogP contribution in [0.2, 0.25) is 0 Å². The molecule has 0 aliphatic carbocycles. The van der Waals surface area contributed by atoms with Crippen molar-refractivity contribution in [2.45, 2.75) is 26.8 Å². The third-order valence-electron chi connectivity index (χ3n) is 3.72. The number of benzene rings is 2. The highest BCUT2D eigenvalue weighted by Crippen LogP contribution is 2.14. The molecule has 2 aromatic rings. The van der Waals surface area contributed by atoms with E-state index >= 15 is 0 Å². The molecule has 0 atom stereocenters. The van der Waals surface area contributed by atoms with Gasteiger partial charge in [0.25, 0.3) is 5.91 Å². The lowest BCUT2D eigenvalue weighted by molar-refractivity contribution is -0.124. The number of carbonyl (C=O) groups excluding carboxylic acids is 2. The molecule has 2 aromatic carbocycles. The molecular formula is C21H25NO4. The molecule has 0 spiro atoms. The summed E-state index contributed by atoms with van der Waals surface area (Å²) in [5.74, 6) is 0.421. The first-order chi connectivity index (χ1) is 12.5. The first kappa shape index (κ1) is 19.5. The smallest absolute Gasteiger partial charge is 0.338 e. The van der Waals surface area contributed by atoms with Crippen molar-refractivity contribution < 1.29 is 19.1 Å². The lowest BCUT2D eigenvalue weighted by Crippen LogP contribution is -2.28. The van der Waals surface area contributed by atoms with Gasteiger partial charge < -0.3 is 14.8 Å². The summed E-state index contributed by atoms with van der Waals surface area (Å²) in [6, 6.07) is 16.3. The summed E-state index contributed by atoms with van der Waals surface area (Å²) in [6.07, 6.45) is 0.974. The number of nitrogens with one attached hydrogen (secondary N) is 1. The predicted octanol–water partition coefficient (Wildman–Crippen LogP) is 3.58. The number of hydrogen-bond acceptors (Lipinski definition) is 4. The first-order valence-electron chi connectivity index (χ1n) is 8.75. The first-order valence-corrected chi connectivity index (χ1v) is 8.75. The maximum absolute atomic E-state index is 12.0. The molecule has 2 rings (SSSR count). The number of esters is 1. The zero-order valence-corrected chi connectivity index (χ0v) is 15.2. The van der Waals surface area contributed by atoms with Crippen molar-refractivity contribution in [3.05, 3.63) is 65.7 Å². The molecule has 0 saturated heterocycles. The van der Waals surface area contributed by atoms with Crippen LogP contribution in [0.25, 0.3) is 0 Å². The average molecular weight is 355 g/mol. The van der Waals surface area contributed by atoms with Crippen LogP contribution in [0.4, 0.5) is 0 Å². The molecule has 0 fully saturated rings. The van der Waals surface area contributed by atoms with Gasteiger partial charge in [0.2, 0.25) is 0 Å². The van der Waals surface area contributed by atoms with Crippen molar-refractivity contribution in [1.29, 1.82) is 0 Å². The van der Waals surface area contributed by atoms with E-state index < -0.39 is 5.97 Å². The molecule has 0 saturated carbocycles. The van der Waals surface area contributed by atoms with Gasteiger partial charge in [0.15, 0.2) is 6.61 Å². The van der Waals surface area contributed by atoms with Crippen molar-refractivity contribution >= 4 is 11.9 Å². The number of rotatable bonds is 9. The van der Waals surface area contributed by atoms with Crippen LogP contribution < -0.4 is 10.1 Å². The van der Waals surface area contributed by atoms with Crippen LogP contribution in [-0.4, -0.2) is 25.1 Å². The molecule has 0 aliphatic rings. The monoisotopic (exact) mass is 355 g/mol. The molecule has 1 amide bonds. The van der Waals surface area contributed by atoms with Crippen LogP contribution in [0.3, 0.4) is 0 Å². The Bertz CT molecular complexity index is 696. The van der Waals surface area contributed by atoms with Crippen LogP contribution in [0.1, 0.15) is 36.2 Å². The summed E-state index contributed by atoms with van der Waals surface area (Å²) in [5.41, 5.74) is 1.37. The van der Waals surface area contributed by atoms with Crippen molar-refractivity contribution in [3.63, 3.8) is 0 Å². The topological polar surface area (TPSA) is 64.6 Å². The van der Waals surface area contributed by atoms with E-state index in [0.717, 1.165) is 12.0 Å². The van der Waals surface area contributed by atoms with E-state index in [1.54, 1.807) is 24.3 Å². The fourth-order valence-corrected chi connectivity index (χ4v) is 2.16. The number of amides is 1. The van der Waals surface area contributed by atoms with Gasteiger partial charge in [-0.3, -0.25) is 4.79 Å². The highest BCUT2D eigenvalue weighted by atomic mass is 16.5. The zero-order chi connectivity index (χ0) is 18.8. The van der Waals surface area contributed by atoms with Crippen molar-refractivity contribution in [1.82, 2.24) is 5.32 Å². The maximum Gasteiger partial charge on any atom is 0.338 e. The summed E-state index contributed by atoms with van der Waals surface area (Å²) in [5, 5.41) is 2.71. The largest absolute Gasteiger partial charge is 0.494 e. The van der Waals surface area contributed by atoms with E-state index in [9.17, 15) is 9.59 Å².